The van der Waals surface area contributed by atoms with Crippen molar-refractivity contribution >= 4 is 51.7 Å². The van der Waals surface area contributed by atoms with Crippen molar-refractivity contribution in [3.8, 4) is 16.8 Å². The lowest BCUT2D eigenvalue weighted by Crippen LogP contribution is -2.53. The van der Waals surface area contributed by atoms with Gasteiger partial charge in [0.1, 0.15) is 11.6 Å². The standard InChI is InChI=1S/C28H26Cl3FN4O/c1-28(2,3)35-13-11-34(12-14-35)24-16-20(18-8-7-17(32)15-23(18)31)19-9-10-25(37)36(27(19)33-24)26-21(29)5-4-6-22(26)30/h4-10,15-16H,11-14H2,1-3H3. The summed E-state index contributed by atoms with van der Waals surface area (Å²) < 4.78 is 15.4. The monoisotopic (exact) mass is 558 g/mol. The Morgan fingerprint density at radius 1 is 0.838 bits per heavy atom. The number of pyridine rings is 2. The first-order chi connectivity index (χ1) is 17.5. The topological polar surface area (TPSA) is 41.4 Å². The van der Waals surface area contributed by atoms with E-state index in [-0.39, 0.29) is 16.1 Å². The quantitative estimate of drug-likeness (QED) is 0.269. The number of aromatic nitrogens is 2. The van der Waals surface area contributed by atoms with E-state index in [0.717, 1.165) is 31.7 Å². The van der Waals surface area contributed by atoms with Crippen LogP contribution in [-0.4, -0.2) is 46.2 Å². The van der Waals surface area contributed by atoms with Gasteiger partial charge in [0.25, 0.3) is 5.56 Å². The number of rotatable bonds is 3. The summed E-state index contributed by atoms with van der Waals surface area (Å²) in [7, 11) is 0. The van der Waals surface area contributed by atoms with E-state index in [4.69, 9.17) is 39.8 Å². The lowest BCUT2D eigenvalue weighted by atomic mass is 10.0. The van der Waals surface area contributed by atoms with Crippen molar-refractivity contribution in [3.05, 3.63) is 85.8 Å². The Morgan fingerprint density at radius 3 is 2.14 bits per heavy atom. The summed E-state index contributed by atoms with van der Waals surface area (Å²) in [5.41, 5.74) is 1.88. The minimum atomic E-state index is -0.426. The Morgan fingerprint density at radius 2 is 1.51 bits per heavy atom. The first kappa shape index (κ1) is 26.0. The second-order valence-electron chi connectivity index (χ2n) is 10.1. The van der Waals surface area contributed by atoms with Crippen molar-refractivity contribution < 1.29 is 4.39 Å². The SMILES string of the molecule is CC(C)(C)N1CCN(c2cc(-c3ccc(F)cc3Cl)c3ccc(=O)n(-c4c(Cl)cccc4Cl)c3n2)CC1. The number of piperazine rings is 1. The summed E-state index contributed by atoms with van der Waals surface area (Å²) in [5.74, 6) is 0.268. The molecule has 4 aromatic rings. The van der Waals surface area contributed by atoms with Crippen LogP contribution < -0.4 is 10.5 Å². The van der Waals surface area contributed by atoms with Crippen LogP contribution in [0.25, 0.3) is 27.8 Å². The summed E-state index contributed by atoms with van der Waals surface area (Å²) >= 11 is 19.6. The van der Waals surface area contributed by atoms with E-state index in [2.05, 4.69) is 30.6 Å². The number of hydrogen-bond donors (Lipinski definition) is 0. The number of fused-ring (bicyclic) bond motifs is 1. The first-order valence-corrected chi connectivity index (χ1v) is 13.1. The summed E-state index contributed by atoms with van der Waals surface area (Å²) in [5, 5.41) is 1.59. The minimum Gasteiger partial charge on any atom is -0.354 e. The molecule has 0 unspecified atom stereocenters. The van der Waals surface area contributed by atoms with Gasteiger partial charge in [0, 0.05) is 48.7 Å². The molecule has 2 aromatic heterocycles. The van der Waals surface area contributed by atoms with Gasteiger partial charge in [0.15, 0.2) is 5.65 Å². The normalized spacial score (nSPS) is 14.9. The number of nitrogens with zero attached hydrogens (tertiary/aromatic N) is 4. The van der Waals surface area contributed by atoms with Gasteiger partial charge in [0.2, 0.25) is 0 Å². The number of benzene rings is 2. The van der Waals surface area contributed by atoms with Crippen LogP contribution in [0.2, 0.25) is 15.1 Å². The second kappa shape index (κ2) is 9.91. The Bertz CT molecular complexity index is 1540. The summed E-state index contributed by atoms with van der Waals surface area (Å²) in [6.07, 6.45) is 0. The first-order valence-electron chi connectivity index (χ1n) is 12.0. The van der Waals surface area contributed by atoms with Gasteiger partial charge < -0.3 is 4.90 Å². The van der Waals surface area contributed by atoms with E-state index in [9.17, 15) is 9.18 Å². The van der Waals surface area contributed by atoms with Gasteiger partial charge in [-0.15, -0.1) is 0 Å². The highest BCUT2D eigenvalue weighted by molar-refractivity contribution is 6.38. The van der Waals surface area contributed by atoms with E-state index < -0.39 is 5.82 Å². The molecule has 1 saturated heterocycles. The maximum atomic E-state index is 13.9. The van der Waals surface area contributed by atoms with Crippen LogP contribution in [0.1, 0.15) is 20.8 Å². The number of hydrogen-bond acceptors (Lipinski definition) is 4. The molecule has 2 aromatic carbocycles. The van der Waals surface area contributed by atoms with Gasteiger partial charge in [-0.05, 0) is 68.8 Å². The molecule has 0 radical (unpaired) electrons. The fraction of sp³-hybridized carbons (Fsp3) is 0.286. The Kier molecular flexibility index (Phi) is 6.96. The molecule has 1 fully saturated rings. The van der Waals surface area contributed by atoms with E-state index in [1.165, 1.54) is 22.8 Å². The lowest BCUT2D eigenvalue weighted by molar-refractivity contribution is 0.128. The van der Waals surface area contributed by atoms with E-state index in [1.54, 1.807) is 30.3 Å². The zero-order valence-electron chi connectivity index (χ0n) is 20.7. The van der Waals surface area contributed by atoms with Crippen molar-refractivity contribution in [1.82, 2.24) is 14.5 Å². The molecular formula is C28H26Cl3FN4O. The van der Waals surface area contributed by atoms with Crippen molar-refractivity contribution in [3.63, 3.8) is 0 Å². The minimum absolute atomic E-state index is 0.0665. The molecule has 3 heterocycles. The zero-order chi connectivity index (χ0) is 26.5. The molecule has 5 rings (SSSR count). The zero-order valence-corrected chi connectivity index (χ0v) is 23.0. The fourth-order valence-corrected chi connectivity index (χ4v) is 5.65. The maximum absolute atomic E-state index is 13.9. The third kappa shape index (κ3) is 4.96. The largest absolute Gasteiger partial charge is 0.354 e. The highest BCUT2D eigenvalue weighted by Gasteiger charge is 2.27. The van der Waals surface area contributed by atoms with E-state index in [0.29, 0.717) is 38.1 Å². The van der Waals surface area contributed by atoms with Crippen LogP contribution >= 0.6 is 34.8 Å². The molecule has 0 atom stereocenters. The van der Waals surface area contributed by atoms with Gasteiger partial charge in [-0.1, -0.05) is 40.9 Å². The van der Waals surface area contributed by atoms with Crippen molar-refractivity contribution in [2.24, 2.45) is 0 Å². The van der Waals surface area contributed by atoms with Crippen LogP contribution in [0.4, 0.5) is 10.2 Å². The van der Waals surface area contributed by atoms with Gasteiger partial charge in [-0.25, -0.2) is 9.37 Å². The Balaban J connectivity index is 1.77. The van der Waals surface area contributed by atoms with E-state index in [1.807, 2.05) is 6.07 Å². The fourth-order valence-electron chi connectivity index (χ4n) is 4.81. The average Bonchev–Trinajstić information content (AvgIpc) is 2.84. The molecule has 0 N–H and O–H groups in total. The molecule has 5 nitrogen and oxygen atoms in total. The van der Waals surface area contributed by atoms with Crippen molar-refractivity contribution in [1.29, 1.82) is 0 Å². The van der Waals surface area contributed by atoms with Crippen LogP contribution in [-0.2, 0) is 0 Å². The van der Waals surface area contributed by atoms with Crippen LogP contribution in [0.3, 0.4) is 0 Å². The molecule has 0 saturated carbocycles. The third-order valence-electron chi connectivity index (χ3n) is 6.78. The molecular weight excluding hydrogens is 534 g/mol. The molecule has 0 amide bonds. The molecule has 0 spiro atoms. The molecule has 192 valence electrons. The predicted molar refractivity (Wildman–Crippen MR) is 151 cm³/mol. The van der Waals surface area contributed by atoms with Gasteiger partial charge in [-0.3, -0.25) is 14.3 Å². The van der Waals surface area contributed by atoms with Crippen LogP contribution in [0, 0.1) is 5.82 Å². The Labute approximate surface area is 230 Å². The van der Waals surface area contributed by atoms with E-state index >= 15 is 0 Å². The molecule has 0 bridgehead atoms. The van der Waals surface area contributed by atoms with Gasteiger partial charge in [0.05, 0.1) is 20.8 Å². The maximum Gasteiger partial charge on any atom is 0.256 e. The highest BCUT2D eigenvalue weighted by Crippen LogP contribution is 2.37. The molecule has 1 aliphatic heterocycles. The molecule has 9 heteroatoms. The second-order valence-corrected chi connectivity index (χ2v) is 11.3. The highest BCUT2D eigenvalue weighted by atomic mass is 35.5. The summed E-state index contributed by atoms with van der Waals surface area (Å²) in [6, 6.07) is 14.5. The number of para-hydroxylation sites is 1. The predicted octanol–water partition coefficient (Wildman–Crippen LogP) is 7.07. The van der Waals surface area contributed by atoms with Crippen LogP contribution in [0.5, 0.6) is 0 Å². The molecule has 0 aliphatic carbocycles. The summed E-state index contributed by atoms with van der Waals surface area (Å²) in [4.78, 5) is 22.8. The van der Waals surface area contributed by atoms with Crippen molar-refractivity contribution in [2.75, 3.05) is 31.1 Å². The lowest BCUT2D eigenvalue weighted by Gasteiger charge is -2.42. The molecule has 1 aliphatic rings. The molecule has 37 heavy (non-hydrogen) atoms. The third-order valence-corrected chi connectivity index (χ3v) is 7.71. The average molecular weight is 560 g/mol. The van der Waals surface area contributed by atoms with Crippen molar-refractivity contribution in [2.45, 2.75) is 26.3 Å². The Hall–Kier alpha value is -2.64. The summed E-state index contributed by atoms with van der Waals surface area (Å²) in [6.45, 7) is 9.88. The smallest absolute Gasteiger partial charge is 0.256 e. The van der Waals surface area contributed by atoms with Gasteiger partial charge in [-0.2, -0.15) is 0 Å². The number of anilines is 1. The van der Waals surface area contributed by atoms with Crippen LogP contribution in [0.15, 0.2) is 59.4 Å². The van der Waals surface area contributed by atoms with Gasteiger partial charge >= 0.3 is 0 Å². The number of halogens is 4.